The van der Waals surface area contributed by atoms with Gasteiger partial charge in [0.25, 0.3) is 0 Å². The minimum Gasteiger partial charge on any atom is -0.459 e. The van der Waals surface area contributed by atoms with E-state index in [1.807, 2.05) is 67.6 Å². The van der Waals surface area contributed by atoms with Crippen LogP contribution in [0.2, 0.25) is 0 Å². The Morgan fingerprint density at radius 2 is 1.54 bits per heavy atom. The smallest absolute Gasteiger partial charge is 0.348 e. The van der Waals surface area contributed by atoms with Gasteiger partial charge in [-0.2, -0.15) is 4.65 Å². The molecule has 2 aromatic carbocycles. The molecule has 0 aromatic heterocycles. The van der Waals surface area contributed by atoms with Gasteiger partial charge in [-0.3, -0.25) is 0 Å². The number of carbonyl (C=O) groups excluding carboxylic acids is 2. The van der Waals surface area contributed by atoms with E-state index >= 15 is 0 Å². The van der Waals surface area contributed by atoms with Gasteiger partial charge in [0, 0.05) is 25.9 Å². The predicted octanol–water partition coefficient (Wildman–Crippen LogP) is 5.42. The molecule has 6 heteroatoms. The fourth-order valence-corrected chi connectivity index (χ4v) is 5.47. The SMILES string of the molecule is CC=O.CCOC(C(=O)OC1CC[N+]2(O)CCCCCCC2C1)(c1ccccc1)c1ccccc1. The molecular weight excluding hydrogens is 442 g/mol. The lowest BCUT2D eigenvalue weighted by Crippen LogP contribution is -2.59. The van der Waals surface area contributed by atoms with E-state index in [1.54, 1.807) is 0 Å². The zero-order chi connectivity index (χ0) is 25.2. The number of hydroxylamine groups is 3. The topological polar surface area (TPSA) is 72.8 Å². The van der Waals surface area contributed by atoms with Crippen LogP contribution >= 0.6 is 0 Å². The van der Waals surface area contributed by atoms with Crippen LogP contribution in [-0.4, -0.2) is 54.0 Å². The number of esters is 1. The molecule has 2 heterocycles. The largest absolute Gasteiger partial charge is 0.459 e. The Bertz CT molecular complexity index is 880. The molecule has 0 amide bonds. The monoisotopic (exact) mass is 482 g/mol. The highest BCUT2D eigenvalue weighted by molar-refractivity contribution is 5.86. The van der Waals surface area contributed by atoms with E-state index in [2.05, 4.69) is 0 Å². The van der Waals surface area contributed by atoms with E-state index in [4.69, 9.17) is 14.3 Å². The van der Waals surface area contributed by atoms with Gasteiger partial charge in [0.05, 0.1) is 0 Å². The van der Waals surface area contributed by atoms with Crippen LogP contribution in [-0.2, 0) is 24.7 Å². The first kappa shape index (κ1) is 27.1. The van der Waals surface area contributed by atoms with Gasteiger partial charge < -0.3 is 14.3 Å². The van der Waals surface area contributed by atoms with Gasteiger partial charge in [-0.15, -0.1) is 0 Å². The average Bonchev–Trinajstić information content (AvgIpc) is 2.86. The van der Waals surface area contributed by atoms with Crippen LogP contribution in [0.15, 0.2) is 60.7 Å². The number of hydrogen-bond acceptors (Lipinski definition) is 5. The van der Waals surface area contributed by atoms with Gasteiger partial charge in [-0.05, 0) is 44.2 Å². The van der Waals surface area contributed by atoms with Crippen LogP contribution in [0.1, 0.15) is 69.9 Å². The van der Waals surface area contributed by atoms with E-state index in [-0.39, 0.29) is 22.8 Å². The Morgan fingerprint density at radius 3 is 2.11 bits per heavy atom. The number of ether oxygens (including phenoxy) is 2. The molecule has 0 radical (unpaired) electrons. The summed E-state index contributed by atoms with van der Waals surface area (Å²) in [6.07, 6.45) is 7.50. The van der Waals surface area contributed by atoms with Crippen molar-refractivity contribution in [2.75, 3.05) is 19.7 Å². The van der Waals surface area contributed by atoms with Crippen LogP contribution in [0.5, 0.6) is 0 Å². The van der Waals surface area contributed by atoms with Gasteiger partial charge in [0.15, 0.2) is 0 Å². The first-order chi connectivity index (χ1) is 17.0. The lowest BCUT2D eigenvalue weighted by atomic mass is 9.85. The molecule has 1 N–H and O–H groups in total. The molecule has 3 unspecified atom stereocenters. The maximum absolute atomic E-state index is 13.9. The predicted molar refractivity (Wildman–Crippen MR) is 135 cm³/mol. The molecule has 6 nitrogen and oxygen atoms in total. The summed E-state index contributed by atoms with van der Waals surface area (Å²) < 4.78 is 12.6. The Hall–Kier alpha value is -2.54. The van der Waals surface area contributed by atoms with Crippen molar-refractivity contribution < 1.29 is 28.9 Å². The highest BCUT2D eigenvalue weighted by Gasteiger charge is 2.48. The van der Waals surface area contributed by atoms with Crippen LogP contribution < -0.4 is 0 Å². The number of fused-ring (bicyclic) bond motifs is 1. The van der Waals surface area contributed by atoms with Gasteiger partial charge in [0.1, 0.15) is 31.5 Å². The fourth-order valence-electron chi connectivity index (χ4n) is 5.47. The van der Waals surface area contributed by atoms with Gasteiger partial charge in [-0.25, -0.2) is 10.0 Å². The molecule has 0 saturated carbocycles. The van der Waals surface area contributed by atoms with Crippen molar-refractivity contribution in [2.24, 2.45) is 0 Å². The number of hydrogen-bond donors (Lipinski definition) is 1. The third-order valence-corrected chi connectivity index (χ3v) is 7.17. The second-order valence-corrected chi connectivity index (χ2v) is 9.42. The summed E-state index contributed by atoms with van der Waals surface area (Å²) in [4.78, 5) is 22.7. The van der Waals surface area contributed by atoms with Crippen LogP contribution in [0, 0.1) is 0 Å². The summed E-state index contributed by atoms with van der Waals surface area (Å²) in [5, 5.41) is 11.2. The normalized spacial score (nSPS) is 24.5. The van der Waals surface area contributed by atoms with Crippen LogP contribution in [0.4, 0.5) is 0 Å². The quantitative estimate of drug-likeness (QED) is 0.338. The Morgan fingerprint density at radius 1 is 0.971 bits per heavy atom. The van der Waals surface area contributed by atoms with E-state index in [0.717, 1.165) is 43.2 Å². The number of rotatable bonds is 6. The summed E-state index contributed by atoms with van der Waals surface area (Å²) in [6, 6.07) is 19.4. The third kappa shape index (κ3) is 6.37. The Kier molecular flexibility index (Phi) is 10.0. The number of benzene rings is 2. The summed E-state index contributed by atoms with van der Waals surface area (Å²) >= 11 is 0. The molecule has 4 rings (SSSR count). The van der Waals surface area contributed by atoms with E-state index in [1.165, 1.54) is 19.8 Å². The standard InChI is InChI=1S/C27H36NO4.C2H4O/c1-2-31-27(22-13-7-5-8-14-22,23-15-9-6-10-16-23)26(29)32-25-18-20-28(30)19-12-4-3-11-17-24(28)21-25;1-2-3/h5-10,13-16,24-25,30H,2-4,11-12,17-21H2,1H3;2H,1H3/q+1;. The van der Waals surface area contributed by atoms with Crippen LogP contribution in [0.25, 0.3) is 0 Å². The first-order valence-corrected chi connectivity index (χ1v) is 13.0. The molecule has 35 heavy (non-hydrogen) atoms. The Labute approximate surface area is 209 Å². The third-order valence-electron chi connectivity index (χ3n) is 7.17. The maximum atomic E-state index is 13.9. The second-order valence-electron chi connectivity index (χ2n) is 9.42. The minimum atomic E-state index is -1.30. The molecule has 3 atom stereocenters. The van der Waals surface area contributed by atoms with Crippen molar-refractivity contribution >= 4 is 12.3 Å². The minimum absolute atomic E-state index is 0.136. The lowest BCUT2D eigenvalue weighted by Gasteiger charge is -2.44. The number of piperidine rings is 1. The van der Waals surface area contributed by atoms with E-state index in [0.29, 0.717) is 26.0 Å². The summed E-state index contributed by atoms with van der Waals surface area (Å²) in [6.45, 7) is 5.17. The summed E-state index contributed by atoms with van der Waals surface area (Å²) in [7, 11) is 0. The Balaban J connectivity index is 0.00000108. The molecule has 2 aliphatic rings. The molecule has 190 valence electrons. The van der Waals surface area contributed by atoms with Crippen molar-refractivity contribution in [3.8, 4) is 0 Å². The lowest BCUT2D eigenvalue weighted by molar-refractivity contribution is -1.12. The van der Waals surface area contributed by atoms with Gasteiger partial charge >= 0.3 is 5.97 Å². The number of quaternary nitrogens is 1. The fraction of sp³-hybridized carbons (Fsp3) is 0.517. The molecule has 2 saturated heterocycles. The van der Waals surface area contributed by atoms with Crippen molar-refractivity contribution in [1.82, 2.24) is 0 Å². The van der Waals surface area contributed by atoms with Crippen LogP contribution in [0.3, 0.4) is 0 Å². The van der Waals surface area contributed by atoms with Crippen molar-refractivity contribution in [2.45, 2.75) is 76.5 Å². The summed E-state index contributed by atoms with van der Waals surface area (Å²) in [5.74, 6) is -0.370. The highest BCUT2D eigenvalue weighted by atomic mass is 16.6. The molecule has 2 fully saturated rings. The van der Waals surface area contributed by atoms with Crippen molar-refractivity contribution in [3.05, 3.63) is 71.8 Å². The number of nitrogens with zero attached hydrogens (tertiary/aromatic N) is 1. The van der Waals surface area contributed by atoms with Crippen molar-refractivity contribution in [1.29, 1.82) is 0 Å². The zero-order valence-electron chi connectivity index (χ0n) is 21.1. The molecule has 2 aliphatic heterocycles. The first-order valence-electron chi connectivity index (χ1n) is 13.0. The molecule has 2 aromatic rings. The summed E-state index contributed by atoms with van der Waals surface area (Å²) in [5.41, 5.74) is 0.236. The van der Waals surface area contributed by atoms with Gasteiger partial charge in [-0.1, -0.05) is 67.1 Å². The molecular formula is C29H40NO5+. The molecule has 0 aliphatic carbocycles. The van der Waals surface area contributed by atoms with Crippen molar-refractivity contribution in [3.63, 3.8) is 0 Å². The molecule has 0 bridgehead atoms. The maximum Gasteiger partial charge on any atom is 0.348 e. The average molecular weight is 483 g/mol. The second kappa shape index (κ2) is 13.0. The van der Waals surface area contributed by atoms with Gasteiger partial charge in [0.2, 0.25) is 5.60 Å². The molecule has 0 spiro atoms. The highest BCUT2D eigenvalue weighted by Crippen LogP contribution is 2.38. The van der Waals surface area contributed by atoms with E-state index < -0.39 is 5.60 Å². The van der Waals surface area contributed by atoms with E-state index in [9.17, 15) is 10.0 Å². The number of carbonyl (C=O) groups is 2. The number of aldehydes is 1. The zero-order valence-corrected chi connectivity index (χ0v) is 21.1.